The van der Waals surface area contributed by atoms with E-state index in [1.165, 1.54) is 116 Å². The van der Waals surface area contributed by atoms with Crippen LogP contribution in [0.3, 0.4) is 0 Å². The number of carbonyl (C=O) groups excluding carboxylic acids is 1. The van der Waals surface area contributed by atoms with Crippen LogP contribution in [0, 0.1) is 0 Å². The second-order valence-electron chi connectivity index (χ2n) is 8.21. The molecule has 162 valence electrons. The topological polar surface area (TPSA) is 46.5 Å². The van der Waals surface area contributed by atoms with Gasteiger partial charge in [0, 0.05) is 0 Å². The van der Waals surface area contributed by atoms with Gasteiger partial charge in [-0.3, -0.25) is 0 Å². The first-order chi connectivity index (χ1) is 13.2. The van der Waals surface area contributed by atoms with E-state index in [0.717, 1.165) is 12.8 Å². The van der Waals surface area contributed by atoms with Crippen molar-refractivity contribution in [3.05, 3.63) is 0 Å². The van der Waals surface area contributed by atoms with Gasteiger partial charge in [0.2, 0.25) is 0 Å². The average molecular weight is 385 g/mol. The van der Waals surface area contributed by atoms with Crippen LogP contribution >= 0.6 is 0 Å². The molecule has 0 bridgehead atoms. The Balaban J connectivity index is 3.04. The molecule has 0 spiro atoms. The molecule has 1 atom stereocenters. The Morgan fingerprint density at radius 2 is 0.926 bits per heavy atom. The van der Waals surface area contributed by atoms with E-state index < -0.39 is 12.1 Å². The zero-order chi connectivity index (χ0) is 20.0. The molecule has 0 aliphatic rings. The number of hydrogen-bond acceptors (Lipinski definition) is 3. The third-order valence-corrected chi connectivity index (χ3v) is 5.33. The van der Waals surface area contributed by atoms with Gasteiger partial charge in [0.15, 0.2) is 0 Å². The number of aliphatic hydroxyl groups excluding tert-OH is 1. The van der Waals surface area contributed by atoms with Crippen molar-refractivity contribution in [2.45, 2.75) is 142 Å². The van der Waals surface area contributed by atoms with E-state index in [9.17, 15) is 4.79 Å². The summed E-state index contributed by atoms with van der Waals surface area (Å²) in [4.78, 5) is 11.1. The Labute approximate surface area is 169 Å². The number of aliphatic hydroxyl groups is 1. The van der Waals surface area contributed by atoms with Crippen LogP contribution in [0.4, 0.5) is 0 Å². The van der Waals surface area contributed by atoms with E-state index in [-0.39, 0.29) is 0 Å². The number of esters is 1. The molecule has 0 aromatic heterocycles. The van der Waals surface area contributed by atoms with Crippen molar-refractivity contribution in [1.82, 2.24) is 0 Å². The lowest BCUT2D eigenvalue weighted by Crippen LogP contribution is -2.19. The van der Waals surface area contributed by atoms with Crippen LogP contribution in [0.2, 0.25) is 0 Å². The van der Waals surface area contributed by atoms with E-state index >= 15 is 0 Å². The molecule has 0 aromatic rings. The highest BCUT2D eigenvalue weighted by Gasteiger charge is 2.08. The van der Waals surface area contributed by atoms with Crippen LogP contribution in [-0.2, 0) is 9.53 Å². The molecule has 0 saturated carbocycles. The summed E-state index contributed by atoms with van der Waals surface area (Å²) < 4.78 is 4.95. The van der Waals surface area contributed by atoms with E-state index in [4.69, 9.17) is 9.84 Å². The van der Waals surface area contributed by atoms with Gasteiger partial charge in [-0.25, -0.2) is 4.79 Å². The summed E-state index contributed by atoms with van der Waals surface area (Å²) in [6, 6.07) is 0. The maximum absolute atomic E-state index is 11.1. The van der Waals surface area contributed by atoms with Crippen LogP contribution in [0.25, 0.3) is 0 Å². The highest BCUT2D eigenvalue weighted by atomic mass is 16.5. The lowest BCUT2D eigenvalue weighted by molar-refractivity contribution is -0.152. The van der Waals surface area contributed by atoms with Crippen molar-refractivity contribution in [2.75, 3.05) is 6.61 Å². The van der Waals surface area contributed by atoms with Crippen molar-refractivity contribution in [2.24, 2.45) is 0 Å². The van der Waals surface area contributed by atoms with Crippen molar-refractivity contribution in [1.29, 1.82) is 0 Å². The summed E-state index contributed by atoms with van der Waals surface area (Å²) in [5.74, 6) is -0.502. The Hall–Kier alpha value is -0.570. The smallest absolute Gasteiger partial charge is 0.334 e. The highest BCUT2D eigenvalue weighted by Crippen LogP contribution is 2.14. The van der Waals surface area contributed by atoms with Crippen LogP contribution in [0.1, 0.15) is 136 Å². The minimum Gasteiger partial charge on any atom is -0.464 e. The molecular weight excluding hydrogens is 336 g/mol. The molecule has 0 fully saturated rings. The summed E-state index contributed by atoms with van der Waals surface area (Å²) in [5, 5.41) is 9.01. The monoisotopic (exact) mass is 384 g/mol. The molecule has 0 saturated heterocycles. The third-order valence-electron chi connectivity index (χ3n) is 5.33. The molecule has 27 heavy (non-hydrogen) atoms. The largest absolute Gasteiger partial charge is 0.464 e. The predicted octanol–water partition coefficient (Wildman–Crippen LogP) is 7.34. The number of ether oxygens (including phenoxy) is 1. The van der Waals surface area contributed by atoms with Gasteiger partial charge in [-0.1, -0.05) is 122 Å². The number of carbonyl (C=O) groups is 1. The molecule has 1 unspecified atom stereocenters. The van der Waals surface area contributed by atoms with Crippen molar-refractivity contribution >= 4 is 5.97 Å². The summed E-state index contributed by atoms with van der Waals surface area (Å²) >= 11 is 0. The molecule has 0 radical (unpaired) electrons. The van der Waals surface area contributed by atoms with Crippen molar-refractivity contribution in [3.8, 4) is 0 Å². The standard InChI is InChI=1S/C24H48O3/c1-3-4-5-6-7-8-9-10-11-12-13-14-15-16-17-18-19-20-21-22-27-24(26)23(2)25/h23,25H,3-22H2,1-2H3. The Kier molecular flexibility index (Phi) is 21.3. The Bertz CT molecular complexity index is 302. The van der Waals surface area contributed by atoms with Gasteiger partial charge < -0.3 is 9.84 Å². The highest BCUT2D eigenvalue weighted by molar-refractivity contribution is 5.73. The van der Waals surface area contributed by atoms with Crippen molar-refractivity contribution in [3.63, 3.8) is 0 Å². The molecule has 1 N–H and O–H groups in total. The normalized spacial score (nSPS) is 12.3. The fourth-order valence-electron chi connectivity index (χ4n) is 3.47. The molecular formula is C24H48O3. The maximum Gasteiger partial charge on any atom is 0.334 e. The quantitative estimate of drug-likeness (QED) is 0.166. The summed E-state index contributed by atoms with van der Waals surface area (Å²) in [6.45, 7) is 4.17. The lowest BCUT2D eigenvalue weighted by atomic mass is 10.0. The zero-order valence-electron chi connectivity index (χ0n) is 18.5. The fourth-order valence-corrected chi connectivity index (χ4v) is 3.47. The minimum atomic E-state index is -0.995. The molecule has 0 heterocycles. The average Bonchev–Trinajstić information content (AvgIpc) is 2.66. The van der Waals surface area contributed by atoms with Gasteiger partial charge in [0.25, 0.3) is 0 Å². The second-order valence-corrected chi connectivity index (χ2v) is 8.21. The molecule has 0 rings (SSSR count). The number of unbranched alkanes of at least 4 members (excludes halogenated alkanes) is 18. The third kappa shape index (κ3) is 21.6. The molecule has 0 aliphatic carbocycles. The van der Waals surface area contributed by atoms with Gasteiger partial charge in [-0.15, -0.1) is 0 Å². The molecule has 3 nitrogen and oxygen atoms in total. The Morgan fingerprint density at radius 3 is 1.22 bits per heavy atom. The molecule has 0 amide bonds. The predicted molar refractivity (Wildman–Crippen MR) is 116 cm³/mol. The Morgan fingerprint density at radius 1 is 0.630 bits per heavy atom. The lowest BCUT2D eigenvalue weighted by Gasteiger charge is -2.06. The summed E-state index contributed by atoms with van der Waals surface area (Å²) in [7, 11) is 0. The SMILES string of the molecule is CCCCCCCCCCCCCCCCCCCCCOC(=O)C(C)O. The molecule has 0 aromatic carbocycles. The summed E-state index contributed by atoms with van der Waals surface area (Å²) in [5.41, 5.74) is 0. The van der Waals surface area contributed by atoms with E-state index in [1.807, 2.05) is 0 Å². The van der Waals surface area contributed by atoms with E-state index in [0.29, 0.717) is 6.61 Å². The first-order valence-corrected chi connectivity index (χ1v) is 12.0. The van der Waals surface area contributed by atoms with Gasteiger partial charge in [0.05, 0.1) is 6.61 Å². The number of hydrogen-bond donors (Lipinski definition) is 1. The maximum atomic E-state index is 11.1. The van der Waals surface area contributed by atoms with Crippen LogP contribution < -0.4 is 0 Å². The molecule has 3 heteroatoms. The van der Waals surface area contributed by atoms with E-state index in [1.54, 1.807) is 0 Å². The zero-order valence-corrected chi connectivity index (χ0v) is 18.5. The first-order valence-electron chi connectivity index (χ1n) is 12.0. The van der Waals surface area contributed by atoms with E-state index in [2.05, 4.69) is 6.92 Å². The van der Waals surface area contributed by atoms with Crippen LogP contribution in [0.5, 0.6) is 0 Å². The van der Waals surface area contributed by atoms with Gasteiger partial charge in [-0.05, 0) is 13.3 Å². The van der Waals surface area contributed by atoms with Gasteiger partial charge >= 0.3 is 5.97 Å². The van der Waals surface area contributed by atoms with Gasteiger partial charge in [0.1, 0.15) is 6.10 Å². The fraction of sp³-hybridized carbons (Fsp3) is 0.958. The van der Waals surface area contributed by atoms with Crippen LogP contribution in [-0.4, -0.2) is 23.8 Å². The van der Waals surface area contributed by atoms with Gasteiger partial charge in [-0.2, -0.15) is 0 Å². The first kappa shape index (κ1) is 26.4. The molecule has 0 aliphatic heterocycles. The summed E-state index contributed by atoms with van der Waals surface area (Å²) in [6.07, 6.45) is 24.8. The number of rotatable bonds is 21. The van der Waals surface area contributed by atoms with Crippen molar-refractivity contribution < 1.29 is 14.6 Å². The van der Waals surface area contributed by atoms with Crippen LogP contribution in [0.15, 0.2) is 0 Å². The second kappa shape index (κ2) is 21.7. The minimum absolute atomic E-state index is 0.447.